The zero-order valence-electron chi connectivity index (χ0n) is 12.2. The van der Waals surface area contributed by atoms with Crippen LogP contribution in [0.4, 0.5) is 5.69 Å². The molecule has 1 aromatic heterocycles. The van der Waals surface area contributed by atoms with Gasteiger partial charge in [0.2, 0.25) is 0 Å². The summed E-state index contributed by atoms with van der Waals surface area (Å²) < 4.78 is 6.63. The van der Waals surface area contributed by atoms with E-state index in [4.69, 9.17) is 16.3 Å². The predicted molar refractivity (Wildman–Crippen MR) is 82.3 cm³/mol. The van der Waals surface area contributed by atoms with E-state index in [-0.39, 0.29) is 18.8 Å². The van der Waals surface area contributed by atoms with Gasteiger partial charge in [0, 0.05) is 17.3 Å². The lowest BCUT2D eigenvalue weighted by molar-refractivity contribution is -0.385. The lowest BCUT2D eigenvalue weighted by atomic mass is 10.2. The number of ether oxygens (including phenoxy) is 1. The molecule has 0 N–H and O–H groups in total. The minimum Gasteiger partial charge on any atom is -0.461 e. The van der Waals surface area contributed by atoms with Crippen LogP contribution in [0.15, 0.2) is 30.5 Å². The summed E-state index contributed by atoms with van der Waals surface area (Å²) in [5, 5.41) is 11.5. The van der Waals surface area contributed by atoms with Crippen LogP contribution in [0.1, 0.15) is 28.5 Å². The summed E-state index contributed by atoms with van der Waals surface area (Å²) in [5.41, 5.74) is 1.62. The molecule has 116 valence electrons. The van der Waals surface area contributed by atoms with E-state index in [9.17, 15) is 14.9 Å². The fourth-order valence-electron chi connectivity index (χ4n) is 2.21. The van der Waals surface area contributed by atoms with Crippen LogP contribution in [-0.2, 0) is 11.3 Å². The smallest absolute Gasteiger partial charge is 0.354 e. The van der Waals surface area contributed by atoms with Crippen molar-refractivity contribution in [3.63, 3.8) is 0 Å². The molecule has 0 amide bonds. The molecule has 7 heteroatoms. The highest BCUT2D eigenvalue weighted by Gasteiger charge is 2.18. The van der Waals surface area contributed by atoms with Crippen molar-refractivity contribution >= 4 is 23.3 Å². The van der Waals surface area contributed by atoms with E-state index in [2.05, 4.69) is 0 Å². The Kier molecular flexibility index (Phi) is 4.82. The number of hydrogen-bond acceptors (Lipinski definition) is 4. The molecule has 0 atom stereocenters. The van der Waals surface area contributed by atoms with Gasteiger partial charge < -0.3 is 9.30 Å². The third-order valence-electron chi connectivity index (χ3n) is 3.10. The Morgan fingerprint density at radius 3 is 2.77 bits per heavy atom. The predicted octanol–water partition coefficient (Wildman–Crippen LogP) is 3.58. The number of hydrogen-bond donors (Lipinski definition) is 0. The fourth-order valence-corrected chi connectivity index (χ4v) is 2.40. The van der Waals surface area contributed by atoms with Gasteiger partial charge in [-0.3, -0.25) is 10.1 Å². The van der Waals surface area contributed by atoms with Gasteiger partial charge in [0.05, 0.1) is 23.6 Å². The van der Waals surface area contributed by atoms with E-state index in [0.29, 0.717) is 16.3 Å². The van der Waals surface area contributed by atoms with E-state index in [0.717, 1.165) is 5.56 Å². The number of nitro groups is 1. The van der Waals surface area contributed by atoms with Gasteiger partial charge in [-0.1, -0.05) is 11.6 Å². The van der Waals surface area contributed by atoms with Crippen LogP contribution in [-0.4, -0.2) is 22.1 Å². The van der Waals surface area contributed by atoms with Crippen molar-refractivity contribution in [2.45, 2.75) is 20.4 Å². The molecule has 0 fully saturated rings. The summed E-state index contributed by atoms with van der Waals surface area (Å²) in [6.07, 6.45) is 1.75. The Bertz CT molecular complexity index is 724. The molecule has 0 saturated carbocycles. The van der Waals surface area contributed by atoms with E-state index in [1.165, 1.54) is 18.2 Å². The number of nitrogens with zero attached hydrogens (tertiary/aromatic N) is 2. The zero-order valence-corrected chi connectivity index (χ0v) is 13.0. The highest BCUT2D eigenvalue weighted by Crippen LogP contribution is 2.24. The molecule has 0 unspecified atom stereocenters. The summed E-state index contributed by atoms with van der Waals surface area (Å²) in [6, 6.07) is 6.05. The summed E-state index contributed by atoms with van der Waals surface area (Å²) in [6.45, 7) is 3.99. The largest absolute Gasteiger partial charge is 0.461 e. The number of carbonyl (C=O) groups excluding carboxylic acids is 1. The van der Waals surface area contributed by atoms with Crippen LogP contribution in [0.3, 0.4) is 0 Å². The third-order valence-corrected chi connectivity index (χ3v) is 3.33. The Hall–Kier alpha value is -2.34. The highest BCUT2D eigenvalue weighted by atomic mass is 35.5. The van der Waals surface area contributed by atoms with Crippen molar-refractivity contribution in [2.75, 3.05) is 6.61 Å². The second-order valence-electron chi connectivity index (χ2n) is 4.78. The summed E-state index contributed by atoms with van der Waals surface area (Å²) in [7, 11) is 0. The maximum atomic E-state index is 12.0. The molecule has 22 heavy (non-hydrogen) atoms. The molecule has 1 heterocycles. The Labute approximate surface area is 132 Å². The molecule has 2 rings (SSSR count). The van der Waals surface area contributed by atoms with Crippen LogP contribution in [0.5, 0.6) is 0 Å². The molecule has 0 radical (unpaired) electrons. The second-order valence-corrected chi connectivity index (χ2v) is 5.22. The quantitative estimate of drug-likeness (QED) is 0.479. The molecule has 0 bridgehead atoms. The van der Waals surface area contributed by atoms with Gasteiger partial charge in [-0.05, 0) is 37.6 Å². The van der Waals surface area contributed by atoms with Gasteiger partial charge in [-0.2, -0.15) is 0 Å². The van der Waals surface area contributed by atoms with Gasteiger partial charge in [-0.15, -0.1) is 0 Å². The number of nitro benzene ring substituents is 1. The average molecular weight is 323 g/mol. The molecule has 1 aromatic carbocycles. The van der Waals surface area contributed by atoms with Gasteiger partial charge in [0.25, 0.3) is 5.69 Å². The average Bonchev–Trinajstić information content (AvgIpc) is 2.79. The number of aromatic nitrogens is 1. The van der Waals surface area contributed by atoms with Crippen LogP contribution in [0.2, 0.25) is 5.02 Å². The van der Waals surface area contributed by atoms with Crippen LogP contribution in [0, 0.1) is 17.0 Å². The summed E-state index contributed by atoms with van der Waals surface area (Å²) >= 11 is 5.92. The lowest BCUT2D eigenvalue weighted by Crippen LogP contribution is -2.13. The topological polar surface area (TPSA) is 74.4 Å². The number of benzene rings is 1. The SMILES string of the molecule is CCOC(=O)c1cc(C)cn1Cc1cc(Cl)ccc1[N+](=O)[O-]. The minimum atomic E-state index is -0.466. The maximum Gasteiger partial charge on any atom is 0.354 e. The fraction of sp³-hybridized carbons (Fsp3) is 0.267. The molecule has 6 nitrogen and oxygen atoms in total. The number of halogens is 1. The monoisotopic (exact) mass is 322 g/mol. The molecule has 0 aliphatic carbocycles. The molecule has 0 spiro atoms. The van der Waals surface area contributed by atoms with Crippen molar-refractivity contribution < 1.29 is 14.5 Å². The first-order valence-corrected chi connectivity index (χ1v) is 7.07. The molecular weight excluding hydrogens is 308 g/mol. The first kappa shape index (κ1) is 16.0. The van der Waals surface area contributed by atoms with Crippen molar-refractivity contribution in [2.24, 2.45) is 0 Å². The number of aryl methyl sites for hydroxylation is 1. The van der Waals surface area contributed by atoms with Crippen molar-refractivity contribution in [3.8, 4) is 0 Å². The normalized spacial score (nSPS) is 10.5. The van der Waals surface area contributed by atoms with E-state index in [1.807, 2.05) is 6.92 Å². The standard InChI is InChI=1S/C15H15ClN2O4/c1-3-22-15(19)14-6-10(2)8-17(14)9-11-7-12(16)4-5-13(11)18(20)21/h4-8H,3,9H2,1-2H3. The van der Waals surface area contributed by atoms with Crippen LogP contribution >= 0.6 is 11.6 Å². The van der Waals surface area contributed by atoms with Crippen molar-refractivity contribution in [3.05, 3.63) is 62.4 Å². The minimum absolute atomic E-state index is 0.0365. The third kappa shape index (κ3) is 3.46. The van der Waals surface area contributed by atoms with E-state index < -0.39 is 10.9 Å². The lowest BCUT2D eigenvalue weighted by Gasteiger charge is -2.09. The highest BCUT2D eigenvalue weighted by molar-refractivity contribution is 6.30. The first-order valence-electron chi connectivity index (χ1n) is 6.69. The van der Waals surface area contributed by atoms with E-state index >= 15 is 0 Å². The van der Waals surface area contributed by atoms with Crippen LogP contribution in [0.25, 0.3) is 0 Å². The van der Waals surface area contributed by atoms with Gasteiger partial charge in [0.1, 0.15) is 5.69 Å². The number of rotatable bonds is 5. The van der Waals surface area contributed by atoms with Crippen molar-refractivity contribution in [1.29, 1.82) is 0 Å². The van der Waals surface area contributed by atoms with E-state index in [1.54, 1.807) is 23.8 Å². The maximum absolute atomic E-state index is 12.0. The van der Waals surface area contributed by atoms with Crippen LogP contribution < -0.4 is 0 Å². The summed E-state index contributed by atoms with van der Waals surface area (Å²) in [5.74, 6) is -0.458. The first-order chi connectivity index (χ1) is 10.4. The number of esters is 1. The zero-order chi connectivity index (χ0) is 16.3. The Morgan fingerprint density at radius 2 is 2.14 bits per heavy atom. The van der Waals surface area contributed by atoms with Gasteiger partial charge >= 0.3 is 5.97 Å². The summed E-state index contributed by atoms with van der Waals surface area (Å²) in [4.78, 5) is 22.6. The molecule has 0 aliphatic rings. The number of carbonyl (C=O) groups is 1. The van der Waals surface area contributed by atoms with Gasteiger partial charge in [0.15, 0.2) is 0 Å². The Balaban J connectivity index is 2.41. The molecule has 0 aliphatic heterocycles. The molecular formula is C15H15ClN2O4. The van der Waals surface area contributed by atoms with Crippen molar-refractivity contribution in [1.82, 2.24) is 4.57 Å². The molecule has 0 saturated heterocycles. The molecule has 2 aromatic rings. The second kappa shape index (κ2) is 6.62. The van der Waals surface area contributed by atoms with Gasteiger partial charge in [-0.25, -0.2) is 4.79 Å². The Morgan fingerprint density at radius 1 is 1.41 bits per heavy atom.